The fraction of sp³-hybridized carbons (Fsp3) is 0.267. The average molecular weight is 280 g/mol. The molecule has 0 saturated heterocycles. The lowest BCUT2D eigenvalue weighted by Crippen LogP contribution is -2.15. The maximum Gasteiger partial charge on any atom is 0.416 e. The van der Waals surface area contributed by atoms with Crippen molar-refractivity contribution < 1.29 is 13.2 Å². The lowest BCUT2D eigenvalue weighted by molar-refractivity contribution is -0.137. The van der Waals surface area contributed by atoms with Crippen molar-refractivity contribution in [1.82, 2.24) is 4.98 Å². The monoisotopic (exact) mass is 280 g/mol. The minimum atomic E-state index is -4.30. The van der Waals surface area contributed by atoms with Gasteiger partial charge in [-0.05, 0) is 48.2 Å². The Morgan fingerprint density at radius 1 is 1.15 bits per heavy atom. The van der Waals surface area contributed by atoms with Crippen LogP contribution in [0.5, 0.6) is 0 Å². The number of alkyl halides is 3. The van der Waals surface area contributed by atoms with Crippen LogP contribution < -0.4 is 5.73 Å². The fourth-order valence-corrected chi connectivity index (χ4v) is 2.06. The van der Waals surface area contributed by atoms with Gasteiger partial charge in [-0.15, -0.1) is 0 Å². The Kier molecular flexibility index (Phi) is 4.09. The van der Waals surface area contributed by atoms with Gasteiger partial charge in [-0.25, -0.2) is 0 Å². The minimum Gasteiger partial charge on any atom is -0.324 e. The van der Waals surface area contributed by atoms with Crippen molar-refractivity contribution >= 4 is 0 Å². The molecule has 0 saturated carbocycles. The molecule has 0 aliphatic heterocycles. The van der Waals surface area contributed by atoms with Gasteiger partial charge in [-0.2, -0.15) is 13.2 Å². The first kappa shape index (κ1) is 14.5. The van der Waals surface area contributed by atoms with E-state index in [1.54, 1.807) is 12.4 Å². The van der Waals surface area contributed by atoms with Gasteiger partial charge in [-0.3, -0.25) is 4.98 Å². The normalized spacial score (nSPS) is 13.2. The summed E-state index contributed by atoms with van der Waals surface area (Å²) in [7, 11) is 0. The third-order valence-electron chi connectivity index (χ3n) is 3.22. The van der Waals surface area contributed by atoms with E-state index in [4.69, 9.17) is 5.73 Å². The second kappa shape index (κ2) is 5.63. The van der Waals surface area contributed by atoms with Crippen LogP contribution in [-0.2, 0) is 12.6 Å². The molecular formula is C15H15F3N2. The van der Waals surface area contributed by atoms with Crippen LogP contribution in [0.15, 0.2) is 42.7 Å². The Morgan fingerprint density at radius 3 is 2.35 bits per heavy atom. The summed E-state index contributed by atoms with van der Waals surface area (Å²) in [6.45, 7) is 1.93. The largest absolute Gasteiger partial charge is 0.416 e. The number of nitrogens with zero attached hydrogens (tertiary/aromatic N) is 1. The number of aryl methyl sites for hydroxylation is 1. The minimum absolute atomic E-state index is 0.277. The highest BCUT2D eigenvalue weighted by molar-refractivity contribution is 5.29. The zero-order chi connectivity index (χ0) is 14.8. The molecule has 0 aliphatic rings. The number of pyridine rings is 1. The molecule has 2 aromatic rings. The maximum absolute atomic E-state index is 12.5. The van der Waals surface area contributed by atoms with Crippen LogP contribution >= 0.6 is 0 Å². The summed E-state index contributed by atoms with van der Waals surface area (Å²) >= 11 is 0. The van der Waals surface area contributed by atoms with E-state index in [1.165, 1.54) is 12.1 Å². The van der Waals surface area contributed by atoms with Gasteiger partial charge in [0.15, 0.2) is 0 Å². The molecule has 0 bridgehead atoms. The van der Waals surface area contributed by atoms with E-state index < -0.39 is 11.7 Å². The van der Waals surface area contributed by atoms with Gasteiger partial charge in [0.05, 0.1) is 5.56 Å². The van der Waals surface area contributed by atoms with Crippen molar-refractivity contribution in [3.05, 3.63) is 65.0 Å². The van der Waals surface area contributed by atoms with E-state index in [1.807, 2.05) is 13.0 Å². The van der Waals surface area contributed by atoms with Crippen molar-refractivity contribution in [2.75, 3.05) is 0 Å². The zero-order valence-electron chi connectivity index (χ0n) is 11.0. The Labute approximate surface area is 115 Å². The maximum atomic E-state index is 12.5. The second-order valence-corrected chi connectivity index (χ2v) is 4.74. The molecule has 0 amide bonds. The summed E-state index contributed by atoms with van der Waals surface area (Å²) in [4.78, 5) is 4.03. The Balaban J connectivity index is 2.13. The molecule has 2 rings (SSSR count). The molecule has 0 radical (unpaired) electrons. The number of nitrogens with two attached hydrogens (primary N) is 1. The van der Waals surface area contributed by atoms with Crippen molar-refractivity contribution in [2.24, 2.45) is 5.73 Å². The molecular weight excluding hydrogens is 265 g/mol. The standard InChI is InChI=1S/C15H15F3N2/c1-10-6-7-20-9-13(10)14(19)8-11-2-4-12(5-3-11)15(16,17)18/h2-7,9,14H,8,19H2,1H3. The Hall–Kier alpha value is -1.88. The van der Waals surface area contributed by atoms with Gasteiger partial charge in [0, 0.05) is 18.4 Å². The number of aromatic nitrogens is 1. The quantitative estimate of drug-likeness (QED) is 0.932. The SMILES string of the molecule is Cc1ccncc1C(N)Cc1ccc(C(F)(F)F)cc1. The van der Waals surface area contributed by atoms with Crippen molar-refractivity contribution in [1.29, 1.82) is 0 Å². The van der Waals surface area contributed by atoms with E-state index in [2.05, 4.69) is 4.98 Å². The van der Waals surface area contributed by atoms with Crippen LogP contribution in [0.3, 0.4) is 0 Å². The van der Waals surface area contributed by atoms with E-state index in [9.17, 15) is 13.2 Å². The summed E-state index contributed by atoms with van der Waals surface area (Å²) in [6, 6.07) is 6.68. The molecule has 1 heterocycles. The van der Waals surface area contributed by atoms with Gasteiger partial charge >= 0.3 is 6.18 Å². The lowest BCUT2D eigenvalue weighted by Gasteiger charge is -2.14. The van der Waals surface area contributed by atoms with E-state index in [0.717, 1.165) is 28.8 Å². The van der Waals surface area contributed by atoms with Gasteiger partial charge in [0.2, 0.25) is 0 Å². The number of halogens is 3. The van der Waals surface area contributed by atoms with Crippen LogP contribution in [0, 0.1) is 6.92 Å². The van der Waals surface area contributed by atoms with Gasteiger partial charge < -0.3 is 5.73 Å². The third kappa shape index (κ3) is 3.36. The predicted octanol–water partition coefficient (Wildman–Crippen LogP) is 3.65. The van der Waals surface area contributed by atoms with Crippen molar-refractivity contribution in [3.8, 4) is 0 Å². The number of hydrogen-bond donors (Lipinski definition) is 1. The Bertz CT molecular complexity index is 576. The molecule has 1 atom stereocenters. The molecule has 1 aromatic heterocycles. The first-order chi connectivity index (χ1) is 9.38. The van der Waals surface area contributed by atoms with Crippen LogP contribution in [-0.4, -0.2) is 4.98 Å². The van der Waals surface area contributed by atoms with Gasteiger partial charge in [0.1, 0.15) is 0 Å². The Morgan fingerprint density at radius 2 is 1.80 bits per heavy atom. The highest BCUT2D eigenvalue weighted by Crippen LogP contribution is 2.29. The molecule has 0 aliphatic carbocycles. The zero-order valence-corrected chi connectivity index (χ0v) is 11.0. The van der Waals surface area contributed by atoms with E-state index in [-0.39, 0.29) is 6.04 Å². The van der Waals surface area contributed by atoms with E-state index in [0.29, 0.717) is 6.42 Å². The average Bonchev–Trinajstić information content (AvgIpc) is 2.38. The summed E-state index contributed by atoms with van der Waals surface area (Å²) in [5, 5.41) is 0. The predicted molar refractivity (Wildman–Crippen MR) is 71.1 cm³/mol. The summed E-state index contributed by atoms with van der Waals surface area (Å²) in [5.74, 6) is 0. The van der Waals surface area contributed by atoms with Crippen molar-refractivity contribution in [2.45, 2.75) is 25.6 Å². The van der Waals surface area contributed by atoms with E-state index >= 15 is 0 Å². The van der Waals surface area contributed by atoms with Crippen LogP contribution in [0.2, 0.25) is 0 Å². The molecule has 0 fully saturated rings. The first-order valence-corrected chi connectivity index (χ1v) is 6.20. The summed E-state index contributed by atoms with van der Waals surface area (Å²) in [5.41, 5.74) is 8.15. The molecule has 1 unspecified atom stereocenters. The molecule has 2 nitrogen and oxygen atoms in total. The summed E-state index contributed by atoms with van der Waals surface area (Å²) < 4.78 is 37.4. The van der Waals surface area contributed by atoms with Crippen LogP contribution in [0.4, 0.5) is 13.2 Å². The molecule has 2 N–H and O–H groups in total. The highest BCUT2D eigenvalue weighted by Gasteiger charge is 2.29. The number of rotatable bonds is 3. The molecule has 0 spiro atoms. The number of hydrogen-bond acceptors (Lipinski definition) is 2. The van der Waals surface area contributed by atoms with Gasteiger partial charge in [0.25, 0.3) is 0 Å². The second-order valence-electron chi connectivity index (χ2n) is 4.74. The molecule has 106 valence electrons. The smallest absolute Gasteiger partial charge is 0.324 e. The lowest BCUT2D eigenvalue weighted by atomic mass is 9.97. The molecule has 5 heteroatoms. The molecule has 1 aromatic carbocycles. The van der Waals surface area contributed by atoms with Crippen LogP contribution in [0.1, 0.15) is 28.3 Å². The highest BCUT2D eigenvalue weighted by atomic mass is 19.4. The third-order valence-corrected chi connectivity index (χ3v) is 3.22. The topological polar surface area (TPSA) is 38.9 Å². The summed E-state index contributed by atoms with van der Waals surface area (Å²) in [6.07, 6.45) is -0.445. The fourth-order valence-electron chi connectivity index (χ4n) is 2.06. The molecule has 20 heavy (non-hydrogen) atoms. The van der Waals surface area contributed by atoms with Crippen LogP contribution in [0.25, 0.3) is 0 Å². The first-order valence-electron chi connectivity index (χ1n) is 6.20. The van der Waals surface area contributed by atoms with Crippen molar-refractivity contribution in [3.63, 3.8) is 0 Å². The number of benzene rings is 1. The van der Waals surface area contributed by atoms with Gasteiger partial charge in [-0.1, -0.05) is 12.1 Å².